The van der Waals surface area contributed by atoms with Crippen molar-refractivity contribution in [3.05, 3.63) is 51.6 Å². The molecule has 0 heterocycles. The van der Waals surface area contributed by atoms with Crippen molar-refractivity contribution in [3.8, 4) is 0 Å². The molecule has 2 rings (SSSR count). The highest BCUT2D eigenvalue weighted by Crippen LogP contribution is 2.28. The summed E-state index contributed by atoms with van der Waals surface area (Å²) in [7, 11) is 0. The van der Waals surface area contributed by atoms with E-state index in [4.69, 9.17) is 0 Å². The summed E-state index contributed by atoms with van der Waals surface area (Å²) in [6.45, 7) is 3.90. The van der Waals surface area contributed by atoms with Gasteiger partial charge in [0.1, 0.15) is 0 Å². The van der Waals surface area contributed by atoms with Crippen LogP contribution in [0.25, 0.3) is 10.8 Å². The van der Waals surface area contributed by atoms with Crippen LogP contribution in [0.15, 0.2) is 30.3 Å². The summed E-state index contributed by atoms with van der Waals surface area (Å²) in [6.07, 6.45) is 0. The van der Waals surface area contributed by atoms with E-state index in [2.05, 4.69) is 0 Å². The average Bonchev–Trinajstić information content (AvgIpc) is 2.17. The van der Waals surface area contributed by atoms with Gasteiger partial charge in [0, 0.05) is 6.07 Å². The number of hydrogen-bond donors (Lipinski definition) is 0. The Morgan fingerprint density at radius 2 is 1.80 bits per heavy atom. The second-order valence-corrected chi connectivity index (χ2v) is 3.71. The fourth-order valence-corrected chi connectivity index (χ4v) is 1.76. The molecule has 76 valence electrons. The van der Waals surface area contributed by atoms with Gasteiger partial charge in [-0.3, -0.25) is 10.1 Å². The van der Waals surface area contributed by atoms with E-state index in [1.807, 2.05) is 32.0 Å². The number of nitrogens with zero attached hydrogens (tertiary/aromatic N) is 1. The monoisotopic (exact) mass is 201 g/mol. The minimum absolute atomic E-state index is 0.180. The molecular formula is C12H11NO2. The van der Waals surface area contributed by atoms with E-state index in [0.717, 1.165) is 21.9 Å². The summed E-state index contributed by atoms with van der Waals surface area (Å²) in [4.78, 5) is 10.5. The number of aryl methyl sites for hydroxylation is 2. The van der Waals surface area contributed by atoms with Gasteiger partial charge < -0.3 is 0 Å². The molecule has 2 aromatic carbocycles. The average molecular weight is 201 g/mol. The molecule has 3 nitrogen and oxygen atoms in total. The first kappa shape index (κ1) is 9.65. The third-order valence-corrected chi connectivity index (χ3v) is 2.56. The summed E-state index contributed by atoms with van der Waals surface area (Å²) >= 11 is 0. The Morgan fingerprint density at radius 3 is 2.47 bits per heavy atom. The standard InChI is InChI=1S/C12H11NO2/c1-8-3-5-10-9(2)4-6-12(13(14)15)11(10)7-8/h3-7H,1-2H3. The molecule has 2 aromatic rings. The highest BCUT2D eigenvalue weighted by molar-refractivity contribution is 5.93. The third kappa shape index (κ3) is 1.56. The number of nitro groups is 1. The van der Waals surface area contributed by atoms with Crippen molar-refractivity contribution >= 4 is 16.5 Å². The Kier molecular flexibility index (Phi) is 2.15. The zero-order valence-corrected chi connectivity index (χ0v) is 8.65. The van der Waals surface area contributed by atoms with Crippen molar-refractivity contribution < 1.29 is 4.92 Å². The van der Waals surface area contributed by atoms with Crippen molar-refractivity contribution in [1.82, 2.24) is 0 Å². The lowest BCUT2D eigenvalue weighted by Gasteiger charge is -2.03. The second-order valence-electron chi connectivity index (χ2n) is 3.71. The van der Waals surface area contributed by atoms with Gasteiger partial charge in [-0.15, -0.1) is 0 Å². The van der Waals surface area contributed by atoms with Crippen LogP contribution in [-0.4, -0.2) is 4.92 Å². The largest absolute Gasteiger partial charge is 0.277 e. The van der Waals surface area contributed by atoms with E-state index < -0.39 is 0 Å². The van der Waals surface area contributed by atoms with Gasteiger partial charge in [-0.2, -0.15) is 0 Å². The topological polar surface area (TPSA) is 43.1 Å². The molecule has 0 aliphatic carbocycles. The molecule has 0 amide bonds. The molecule has 0 saturated heterocycles. The fraction of sp³-hybridized carbons (Fsp3) is 0.167. The molecular weight excluding hydrogens is 190 g/mol. The van der Waals surface area contributed by atoms with Gasteiger partial charge in [0.15, 0.2) is 0 Å². The maximum absolute atomic E-state index is 10.8. The first-order chi connectivity index (χ1) is 7.09. The highest BCUT2D eigenvalue weighted by atomic mass is 16.6. The Hall–Kier alpha value is -1.90. The van der Waals surface area contributed by atoms with Gasteiger partial charge in [0.2, 0.25) is 0 Å². The molecule has 0 N–H and O–H groups in total. The van der Waals surface area contributed by atoms with Crippen LogP contribution in [0.4, 0.5) is 5.69 Å². The van der Waals surface area contributed by atoms with Crippen LogP contribution in [0.5, 0.6) is 0 Å². The van der Waals surface area contributed by atoms with Gasteiger partial charge in [0.25, 0.3) is 5.69 Å². The van der Waals surface area contributed by atoms with Gasteiger partial charge in [0.05, 0.1) is 10.3 Å². The molecule has 0 aliphatic heterocycles. The normalized spacial score (nSPS) is 10.5. The van der Waals surface area contributed by atoms with E-state index >= 15 is 0 Å². The van der Waals surface area contributed by atoms with Crippen molar-refractivity contribution in [3.63, 3.8) is 0 Å². The van der Waals surface area contributed by atoms with E-state index in [9.17, 15) is 10.1 Å². The number of rotatable bonds is 1. The maximum atomic E-state index is 10.8. The van der Waals surface area contributed by atoms with Crippen LogP contribution < -0.4 is 0 Å². The molecule has 0 fully saturated rings. The summed E-state index contributed by atoms with van der Waals surface area (Å²) in [5, 5.41) is 12.5. The van der Waals surface area contributed by atoms with Crippen LogP contribution in [0, 0.1) is 24.0 Å². The first-order valence-electron chi connectivity index (χ1n) is 4.74. The van der Waals surface area contributed by atoms with Gasteiger partial charge >= 0.3 is 0 Å². The Balaban J connectivity index is 2.90. The number of hydrogen-bond acceptors (Lipinski definition) is 2. The number of benzene rings is 2. The fourth-order valence-electron chi connectivity index (χ4n) is 1.76. The molecule has 0 aliphatic rings. The third-order valence-electron chi connectivity index (χ3n) is 2.56. The van der Waals surface area contributed by atoms with Gasteiger partial charge in [-0.1, -0.05) is 23.8 Å². The lowest BCUT2D eigenvalue weighted by molar-refractivity contribution is -0.383. The molecule has 0 spiro atoms. The van der Waals surface area contributed by atoms with Crippen molar-refractivity contribution in [2.75, 3.05) is 0 Å². The lowest BCUT2D eigenvalue weighted by atomic mass is 10.0. The minimum atomic E-state index is -0.332. The molecule has 0 unspecified atom stereocenters. The second kappa shape index (κ2) is 3.35. The molecule has 0 saturated carbocycles. The Labute approximate surface area is 87.5 Å². The number of non-ortho nitro benzene ring substituents is 1. The first-order valence-corrected chi connectivity index (χ1v) is 4.74. The summed E-state index contributed by atoms with van der Waals surface area (Å²) in [6, 6.07) is 9.12. The van der Waals surface area contributed by atoms with Crippen molar-refractivity contribution in [2.24, 2.45) is 0 Å². The van der Waals surface area contributed by atoms with Crippen molar-refractivity contribution in [2.45, 2.75) is 13.8 Å². The predicted octanol–water partition coefficient (Wildman–Crippen LogP) is 3.36. The van der Waals surface area contributed by atoms with E-state index in [-0.39, 0.29) is 10.6 Å². The molecule has 0 aromatic heterocycles. The molecule has 15 heavy (non-hydrogen) atoms. The van der Waals surface area contributed by atoms with Gasteiger partial charge in [-0.05, 0) is 30.9 Å². The number of nitro benzene ring substituents is 1. The number of fused-ring (bicyclic) bond motifs is 1. The van der Waals surface area contributed by atoms with E-state index in [1.165, 1.54) is 0 Å². The summed E-state index contributed by atoms with van der Waals surface area (Å²) < 4.78 is 0. The van der Waals surface area contributed by atoms with Crippen molar-refractivity contribution in [1.29, 1.82) is 0 Å². The zero-order chi connectivity index (χ0) is 11.0. The molecule has 0 bridgehead atoms. The maximum Gasteiger partial charge on any atom is 0.277 e. The van der Waals surface area contributed by atoms with Crippen LogP contribution >= 0.6 is 0 Å². The highest BCUT2D eigenvalue weighted by Gasteiger charge is 2.12. The zero-order valence-electron chi connectivity index (χ0n) is 8.65. The SMILES string of the molecule is Cc1ccc2c(C)ccc([N+](=O)[O-])c2c1. The summed E-state index contributed by atoms with van der Waals surface area (Å²) in [5.41, 5.74) is 2.28. The predicted molar refractivity (Wildman–Crippen MR) is 60.1 cm³/mol. The van der Waals surface area contributed by atoms with Gasteiger partial charge in [-0.25, -0.2) is 0 Å². The minimum Gasteiger partial charge on any atom is -0.258 e. The molecule has 3 heteroatoms. The molecule has 0 atom stereocenters. The molecule has 0 radical (unpaired) electrons. The Bertz CT molecular complexity index is 547. The van der Waals surface area contributed by atoms with Crippen LogP contribution in [-0.2, 0) is 0 Å². The Morgan fingerprint density at radius 1 is 1.07 bits per heavy atom. The van der Waals surface area contributed by atoms with E-state index in [1.54, 1.807) is 12.1 Å². The van der Waals surface area contributed by atoms with Crippen LogP contribution in [0.1, 0.15) is 11.1 Å². The quantitative estimate of drug-likeness (QED) is 0.524. The van der Waals surface area contributed by atoms with Crippen LogP contribution in [0.3, 0.4) is 0 Å². The van der Waals surface area contributed by atoms with Crippen LogP contribution in [0.2, 0.25) is 0 Å². The lowest BCUT2D eigenvalue weighted by Crippen LogP contribution is -1.91. The smallest absolute Gasteiger partial charge is 0.258 e. The summed E-state index contributed by atoms with van der Waals surface area (Å²) in [5.74, 6) is 0. The van der Waals surface area contributed by atoms with E-state index in [0.29, 0.717) is 0 Å².